The lowest BCUT2D eigenvalue weighted by atomic mass is 11.1. The maximum absolute atomic E-state index is 9.16. The molecule has 0 aliphatic heterocycles. The highest BCUT2D eigenvalue weighted by Gasteiger charge is 1.88. The molecule has 0 spiro atoms. The Morgan fingerprint density at radius 3 is 2.00 bits per heavy atom. The topological polar surface area (TPSA) is 59.9 Å². The molecule has 8 heteroatoms. The normalized spacial score (nSPS) is 9.80. The summed E-state index contributed by atoms with van der Waals surface area (Å²) in [7, 11) is 4.81. The summed E-state index contributed by atoms with van der Waals surface area (Å²) in [6, 6.07) is 0. The van der Waals surface area contributed by atoms with E-state index >= 15 is 0 Å². The minimum Gasteiger partial charge on any atom is -0.195 e. The van der Waals surface area contributed by atoms with Crippen LogP contribution in [0.5, 0.6) is 0 Å². The van der Waals surface area contributed by atoms with Gasteiger partial charge in [0.05, 0.1) is 6.20 Å². The van der Waals surface area contributed by atoms with Crippen LogP contribution in [0.15, 0.2) is 11.6 Å². The van der Waals surface area contributed by atoms with Crippen molar-refractivity contribution in [3.8, 4) is 0 Å². The monoisotopic (exact) mass is 220 g/mol. The fourth-order valence-electron chi connectivity index (χ4n) is 0.136. The molecule has 1 aromatic heterocycles. The molecule has 1 heterocycles. The molecule has 0 aliphatic carbocycles. The van der Waals surface area contributed by atoms with E-state index in [4.69, 9.17) is 8.42 Å². The summed E-state index contributed by atoms with van der Waals surface area (Å²) >= 11 is 1.35. The molecular formula is C2H2Cl2N2O2S2. The molecule has 0 saturated carbocycles. The highest BCUT2D eigenvalue weighted by molar-refractivity contribution is 8.31. The Bertz CT molecular complexity index is 219. The van der Waals surface area contributed by atoms with Gasteiger partial charge in [0, 0.05) is 26.7 Å². The van der Waals surface area contributed by atoms with Gasteiger partial charge in [-0.1, -0.05) is 4.49 Å². The number of aromatic nitrogens is 2. The van der Waals surface area contributed by atoms with Crippen LogP contribution in [-0.2, 0) is 8.26 Å². The minimum atomic E-state index is -3.72. The summed E-state index contributed by atoms with van der Waals surface area (Å²) in [4.78, 5) is 0. The van der Waals surface area contributed by atoms with Gasteiger partial charge in [0.1, 0.15) is 0 Å². The Kier molecular flexibility index (Phi) is 4.88. The summed E-state index contributed by atoms with van der Waals surface area (Å²) in [6.45, 7) is 0. The van der Waals surface area contributed by atoms with Crippen LogP contribution < -0.4 is 0 Å². The third kappa shape index (κ3) is 15.7. The van der Waals surface area contributed by atoms with Gasteiger partial charge in [0.15, 0.2) is 0 Å². The second-order valence-corrected chi connectivity index (χ2v) is 5.28. The molecule has 0 saturated heterocycles. The molecule has 10 heavy (non-hydrogen) atoms. The smallest absolute Gasteiger partial charge is 0.195 e. The van der Waals surface area contributed by atoms with E-state index in [0.29, 0.717) is 0 Å². The fourth-order valence-corrected chi connectivity index (χ4v) is 0.408. The molecular weight excluding hydrogens is 219 g/mol. The van der Waals surface area contributed by atoms with E-state index < -0.39 is 8.26 Å². The van der Waals surface area contributed by atoms with Crippen LogP contribution in [-0.4, -0.2) is 18.0 Å². The van der Waals surface area contributed by atoms with Gasteiger partial charge in [-0.25, -0.2) is 0 Å². The zero-order valence-electron chi connectivity index (χ0n) is 4.44. The number of hydrogen-bond acceptors (Lipinski definition) is 5. The second kappa shape index (κ2) is 4.84. The average Bonchev–Trinajstić information content (AvgIpc) is 2.07. The van der Waals surface area contributed by atoms with E-state index in [1.165, 1.54) is 11.5 Å². The summed E-state index contributed by atoms with van der Waals surface area (Å²) in [5, 5.41) is 5.31. The first-order valence-electron chi connectivity index (χ1n) is 1.85. The number of halogens is 2. The van der Waals surface area contributed by atoms with Gasteiger partial charge in [-0.3, -0.25) is 0 Å². The molecule has 0 bridgehead atoms. The summed E-state index contributed by atoms with van der Waals surface area (Å²) in [6.07, 6.45) is 1.66. The van der Waals surface area contributed by atoms with E-state index in [1.54, 1.807) is 6.20 Å². The van der Waals surface area contributed by atoms with Crippen molar-refractivity contribution in [3.63, 3.8) is 0 Å². The Morgan fingerprint density at radius 1 is 1.40 bits per heavy atom. The molecule has 4 nitrogen and oxygen atoms in total. The highest BCUT2D eigenvalue weighted by Crippen LogP contribution is 1.98. The van der Waals surface area contributed by atoms with Crippen molar-refractivity contribution in [1.29, 1.82) is 0 Å². The molecule has 0 N–H and O–H groups in total. The van der Waals surface area contributed by atoms with Gasteiger partial charge in [0.2, 0.25) is 0 Å². The zero-order chi connectivity index (χ0) is 8.04. The van der Waals surface area contributed by atoms with Gasteiger partial charge >= 0.3 is 8.26 Å². The Labute approximate surface area is 70.9 Å². The number of rotatable bonds is 0. The summed E-state index contributed by atoms with van der Waals surface area (Å²) in [5.74, 6) is 0. The van der Waals surface area contributed by atoms with E-state index in [9.17, 15) is 0 Å². The standard InChI is InChI=1S/C2H2N2S.Cl2O2S/c1-2-5-4-3-1;1-5(2,3)4/h1-2H;. The third-order valence-corrected chi connectivity index (χ3v) is 0.715. The van der Waals surface area contributed by atoms with E-state index in [-0.39, 0.29) is 0 Å². The van der Waals surface area contributed by atoms with Crippen LogP contribution in [0.3, 0.4) is 0 Å². The lowest BCUT2D eigenvalue weighted by molar-refractivity contribution is 0.621. The van der Waals surface area contributed by atoms with Crippen LogP contribution >= 0.6 is 32.9 Å². The first kappa shape index (κ1) is 10.1. The maximum Gasteiger partial charge on any atom is 0.317 e. The summed E-state index contributed by atoms with van der Waals surface area (Å²) in [5.41, 5.74) is 0. The summed E-state index contributed by atoms with van der Waals surface area (Å²) < 4.78 is 21.8. The Hall–Kier alpha value is 0.0900. The minimum absolute atomic E-state index is 1.35. The predicted octanol–water partition coefficient (Wildman–Crippen LogP) is 1.25. The van der Waals surface area contributed by atoms with Crippen LogP contribution in [0.2, 0.25) is 0 Å². The SMILES string of the molecule is O=S(=O)(Cl)Cl.c1csnn1. The first-order valence-corrected chi connectivity index (χ1v) is 5.82. The van der Waals surface area contributed by atoms with Crippen LogP contribution in [0, 0.1) is 0 Å². The fraction of sp³-hybridized carbons (Fsp3) is 0. The average molecular weight is 221 g/mol. The number of hydrogen-bond donors (Lipinski definition) is 0. The number of nitrogens with zero attached hydrogens (tertiary/aromatic N) is 2. The van der Waals surface area contributed by atoms with Crippen molar-refractivity contribution < 1.29 is 8.42 Å². The Balaban J connectivity index is 0.000000162. The van der Waals surface area contributed by atoms with E-state index in [1.807, 2.05) is 5.38 Å². The van der Waals surface area contributed by atoms with Gasteiger partial charge < -0.3 is 0 Å². The van der Waals surface area contributed by atoms with Gasteiger partial charge in [0.25, 0.3) is 0 Å². The van der Waals surface area contributed by atoms with Crippen molar-refractivity contribution in [3.05, 3.63) is 11.6 Å². The van der Waals surface area contributed by atoms with Crippen LogP contribution in [0.25, 0.3) is 0 Å². The molecule has 1 rings (SSSR count). The quantitative estimate of drug-likeness (QED) is 0.618. The molecule has 0 aromatic carbocycles. The third-order valence-electron chi connectivity index (χ3n) is 0.283. The van der Waals surface area contributed by atoms with Gasteiger partial charge in [-0.15, -0.1) is 5.10 Å². The van der Waals surface area contributed by atoms with E-state index in [0.717, 1.165) is 0 Å². The largest absolute Gasteiger partial charge is 0.317 e. The van der Waals surface area contributed by atoms with Crippen molar-refractivity contribution in [1.82, 2.24) is 9.59 Å². The molecule has 0 fully saturated rings. The molecule has 0 radical (unpaired) electrons. The molecule has 0 amide bonds. The predicted molar refractivity (Wildman–Crippen MR) is 40.5 cm³/mol. The molecule has 0 unspecified atom stereocenters. The zero-order valence-corrected chi connectivity index (χ0v) is 7.58. The van der Waals surface area contributed by atoms with Gasteiger partial charge in [-0.2, -0.15) is 8.42 Å². The van der Waals surface area contributed by atoms with Crippen LogP contribution in [0.1, 0.15) is 0 Å². The second-order valence-electron chi connectivity index (χ2n) is 0.966. The van der Waals surface area contributed by atoms with Gasteiger partial charge in [-0.05, 0) is 11.5 Å². The lowest BCUT2D eigenvalue weighted by Crippen LogP contribution is -1.63. The highest BCUT2D eigenvalue weighted by atomic mass is 36.0. The molecule has 0 aliphatic rings. The van der Waals surface area contributed by atoms with E-state index in [2.05, 4.69) is 31.0 Å². The lowest BCUT2D eigenvalue weighted by Gasteiger charge is -1.61. The first-order chi connectivity index (χ1) is 4.50. The van der Waals surface area contributed by atoms with Crippen molar-refractivity contribution in [2.75, 3.05) is 0 Å². The Morgan fingerprint density at radius 2 is 1.90 bits per heavy atom. The maximum atomic E-state index is 9.16. The van der Waals surface area contributed by atoms with Crippen molar-refractivity contribution in [2.45, 2.75) is 0 Å². The van der Waals surface area contributed by atoms with Crippen molar-refractivity contribution >= 4 is 41.2 Å². The molecule has 0 atom stereocenters. The molecule has 58 valence electrons. The van der Waals surface area contributed by atoms with Crippen LogP contribution in [0.4, 0.5) is 0 Å². The molecule has 1 aromatic rings. The van der Waals surface area contributed by atoms with Crippen molar-refractivity contribution in [2.24, 2.45) is 0 Å².